The lowest BCUT2D eigenvalue weighted by Gasteiger charge is -2.20. The first kappa shape index (κ1) is 23.5. The summed E-state index contributed by atoms with van der Waals surface area (Å²) in [4.78, 5) is 32.8. The van der Waals surface area contributed by atoms with E-state index in [4.69, 9.17) is 15.5 Å². The number of pyridine rings is 1. The second-order valence-corrected chi connectivity index (χ2v) is 9.29. The number of primary amides is 1. The number of benzene rings is 2. The number of nitrogens with two attached hydrogens (primary N) is 1. The molecule has 5 rings (SSSR count). The zero-order valence-electron chi connectivity index (χ0n) is 19.7. The van der Waals surface area contributed by atoms with Crippen LogP contribution in [0.5, 0.6) is 5.75 Å². The van der Waals surface area contributed by atoms with Crippen LogP contribution in [0.25, 0.3) is 22.2 Å². The lowest BCUT2D eigenvalue weighted by Crippen LogP contribution is -2.39. The van der Waals surface area contributed by atoms with E-state index in [1.165, 1.54) is 24.3 Å². The van der Waals surface area contributed by atoms with Gasteiger partial charge in [-0.3, -0.25) is 9.59 Å². The average Bonchev–Trinajstić information content (AvgIpc) is 3.44. The van der Waals surface area contributed by atoms with Crippen molar-refractivity contribution < 1.29 is 23.1 Å². The molecule has 3 heterocycles. The molecule has 2 amide bonds. The topological polar surface area (TPSA) is 110 Å². The Balaban J connectivity index is 1.44. The number of halogens is 2. The molecule has 0 bridgehead atoms. The van der Waals surface area contributed by atoms with Crippen molar-refractivity contribution in [2.45, 2.75) is 25.2 Å². The Morgan fingerprint density at radius 3 is 2.58 bits per heavy atom. The maximum atomic E-state index is 13.5. The van der Waals surface area contributed by atoms with Crippen LogP contribution in [0.1, 0.15) is 41.5 Å². The van der Waals surface area contributed by atoms with Crippen molar-refractivity contribution in [3.8, 4) is 17.0 Å². The molecule has 7 nitrogen and oxygen atoms in total. The highest BCUT2D eigenvalue weighted by molar-refractivity contribution is 5.98. The summed E-state index contributed by atoms with van der Waals surface area (Å²) in [5.41, 5.74) is 7.96. The Bertz CT molecular complexity index is 1500. The molecule has 0 saturated carbocycles. The Hall–Kier alpha value is -4.27. The molecule has 0 fully saturated rings. The van der Waals surface area contributed by atoms with E-state index in [0.29, 0.717) is 44.9 Å². The van der Waals surface area contributed by atoms with E-state index in [2.05, 4.69) is 10.3 Å². The van der Waals surface area contributed by atoms with Crippen molar-refractivity contribution in [2.24, 2.45) is 5.73 Å². The van der Waals surface area contributed by atoms with Crippen LogP contribution in [0.2, 0.25) is 0 Å². The van der Waals surface area contributed by atoms with Gasteiger partial charge >= 0.3 is 0 Å². The zero-order valence-corrected chi connectivity index (χ0v) is 19.7. The maximum absolute atomic E-state index is 13.5. The van der Waals surface area contributed by atoms with Gasteiger partial charge in [0.25, 0.3) is 5.91 Å². The lowest BCUT2D eigenvalue weighted by atomic mass is 9.82. The molecule has 0 radical (unpaired) electrons. The fraction of sp³-hybridized carbons (Fsp3) is 0.222. The number of carbonyl (C=O) groups excluding carboxylic acids is 2. The van der Waals surface area contributed by atoms with Gasteiger partial charge in [-0.25, -0.2) is 13.8 Å². The predicted molar refractivity (Wildman–Crippen MR) is 131 cm³/mol. The summed E-state index contributed by atoms with van der Waals surface area (Å²) in [6.45, 7) is 3.92. The number of amides is 2. The number of aromatic nitrogens is 2. The van der Waals surface area contributed by atoms with Gasteiger partial charge in [-0.15, -0.1) is 0 Å². The average molecular weight is 491 g/mol. The van der Waals surface area contributed by atoms with Crippen LogP contribution in [-0.2, 0) is 10.2 Å². The van der Waals surface area contributed by atoms with E-state index < -0.39 is 11.3 Å². The molecule has 0 aliphatic carbocycles. The number of carbonyl (C=O) groups is 2. The summed E-state index contributed by atoms with van der Waals surface area (Å²) in [5, 5.41) is 3.47. The number of fused-ring (bicyclic) bond motifs is 2. The summed E-state index contributed by atoms with van der Waals surface area (Å²) in [5.74, 6) is -1.45. The lowest BCUT2D eigenvalue weighted by molar-refractivity contribution is -0.123. The van der Waals surface area contributed by atoms with Gasteiger partial charge in [0.15, 0.2) is 0 Å². The summed E-state index contributed by atoms with van der Waals surface area (Å²) in [6, 6.07) is 13.5. The second-order valence-electron chi connectivity index (χ2n) is 9.29. The minimum Gasteiger partial charge on any atom is -0.489 e. The number of rotatable bonds is 6. The largest absolute Gasteiger partial charge is 0.489 e. The number of aromatic amines is 1. The van der Waals surface area contributed by atoms with Gasteiger partial charge in [-0.1, -0.05) is 6.92 Å². The van der Waals surface area contributed by atoms with Crippen LogP contribution < -0.4 is 15.8 Å². The van der Waals surface area contributed by atoms with Gasteiger partial charge in [0, 0.05) is 40.2 Å². The monoisotopic (exact) mass is 490 g/mol. The molecule has 4 N–H and O–H groups in total. The van der Waals surface area contributed by atoms with Crippen LogP contribution in [0.4, 0.5) is 8.78 Å². The predicted octanol–water partition coefficient (Wildman–Crippen LogP) is 4.18. The summed E-state index contributed by atoms with van der Waals surface area (Å²) >= 11 is 0. The Kier molecular flexibility index (Phi) is 5.70. The van der Waals surface area contributed by atoms with Crippen molar-refractivity contribution in [1.29, 1.82) is 0 Å². The minimum absolute atomic E-state index is 0.0725. The van der Waals surface area contributed by atoms with Gasteiger partial charge in [-0.05, 0) is 61.5 Å². The van der Waals surface area contributed by atoms with Crippen LogP contribution in [0, 0.1) is 11.6 Å². The maximum Gasteiger partial charge on any atom is 0.267 e. The highest BCUT2D eigenvalue weighted by Gasteiger charge is 2.44. The molecular formula is C27H24F2N4O3. The molecule has 1 aliphatic heterocycles. The van der Waals surface area contributed by atoms with E-state index in [9.17, 15) is 18.4 Å². The first-order valence-electron chi connectivity index (χ1n) is 11.5. The molecule has 4 aromatic rings. The molecule has 184 valence electrons. The Labute approximate surface area is 205 Å². The van der Waals surface area contributed by atoms with Gasteiger partial charge in [0.05, 0.1) is 0 Å². The van der Waals surface area contributed by atoms with Gasteiger partial charge < -0.3 is 20.8 Å². The van der Waals surface area contributed by atoms with Crippen LogP contribution in [0.3, 0.4) is 0 Å². The summed E-state index contributed by atoms with van der Waals surface area (Å²) < 4.78 is 32.9. The molecule has 2 aromatic carbocycles. The quantitative estimate of drug-likeness (QED) is 0.377. The van der Waals surface area contributed by atoms with E-state index in [-0.39, 0.29) is 36.6 Å². The third-order valence-corrected chi connectivity index (χ3v) is 6.66. The second kappa shape index (κ2) is 8.75. The summed E-state index contributed by atoms with van der Waals surface area (Å²) in [7, 11) is 0. The normalized spacial score (nSPS) is 17.4. The highest BCUT2D eigenvalue weighted by atomic mass is 19.1. The molecular weight excluding hydrogens is 466 g/mol. The van der Waals surface area contributed by atoms with Crippen molar-refractivity contribution >= 4 is 22.7 Å². The molecule has 1 aliphatic rings. The smallest absolute Gasteiger partial charge is 0.267 e. The number of hydrogen-bond donors (Lipinski definition) is 3. The van der Waals surface area contributed by atoms with E-state index in [0.717, 1.165) is 0 Å². The van der Waals surface area contributed by atoms with E-state index in [1.807, 2.05) is 6.92 Å². The number of H-pyrrole nitrogens is 1. The van der Waals surface area contributed by atoms with Crippen molar-refractivity contribution in [2.75, 3.05) is 13.2 Å². The third kappa shape index (κ3) is 4.06. The van der Waals surface area contributed by atoms with Crippen molar-refractivity contribution in [1.82, 2.24) is 15.3 Å². The van der Waals surface area contributed by atoms with Crippen LogP contribution in [0.15, 0.2) is 54.6 Å². The molecule has 9 heteroatoms. The van der Waals surface area contributed by atoms with Gasteiger partial charge in [0.2, 0.25) is 5.91 Å². The minimum atomic E-state index is -1.05. The summed E-state index contributed by atoms with van der Waals surface area (Å²) in [6.07, 6.45) is 0. The molecule has 2 aromatic heterocycles. The zero-order chi connectivity index (χ0) is 25.6. The van der Waals surface area contributed by atoms with Gasteiger partial charge in [-0.2, -0.15) is 0 Å². The number of nitrogens with one attached hydrogen (secondary N) is 2. The molecule has 2 atom stereocenters. The number of ether oxygens (including phenoxy) is 1. The highest BCUT2D eigenvalue weighted by Crippen LogP contribution is 2.45. The first-order chi connectivity index (χ1) is 17.2. The van der Waals surface area contributed by atoms with E-state index >= 15 is 0 Å². The Morgan fingerprint density at radius 1 is 1.14 bits per heavy atom. The molecule has 36 heavy (non-hydrogen) atoms. The van der Waals surface area contributed by atoms with Crippen LogP contribution >= 0.6 is 0 Å². The fourth-order valence-corrected chi connectivity index (χ4v) is 4.33. The molecule has 0 spiro atoms. The first-order valence-corrected chi connectivity index (χ1v) is 11.5. The number of hydrogen-bond acceptors (Lipinski definition) is 4. The third-order valence-electron chi connectivity index (χ3n) is 6.66. The number of nitrogens with zero attached hydrogens (tertiary/aromatic N) is 1. The van der Waals surface area contributed by atoms with Gasteiger partial charge in [0.1, 0.15) is 40.8 Å². The van der Waals surface area contributed by atoms with Crippen LogP contribution in [-0.4, -0.2) is 34.9 Å². The van der Waals surface area contributed by atoms with Crippen molar-refractivity contribution in [3.05, 3.63) is 83.2 Å². The Morgan fingerprint density at radius 2 is 1.86 bits per heavy atom. The van der Waals surface area contributed by atoms with Crippen molar-refractivity contribution in [3.63, 3.8) is 0 Å². The molecule has 0 saturated heterocycles. The standard InChI is InChI=1S/C27H24F2N4O3/c1-14(12-31-25(34)22-10-16-9-18(29)7-8-20(16)32-22)21-11-19-24(36-13-27(19,2)26(30)35)23(33-21)15-3-5-17(28)6-4-15/h3-11,14,32H,12-13H2,1-2H3,(H2,30,35)(H,31,34)/t14-,27+/m1/s1. The molecule has 0 unspecified atom stereocenters. The van der Waals surface area contributed by atoms with E-state index in [1.54, 1.807) is 37.3 Å². The fourth-order valence-electron chi connectivity index (χ4n) is 4.33. The SMILES string of the molecule is C[C@H](CNC(=O)c1cc2cc(F)ccc2[nH]1)c1cc2c(c(-c3ccc(F)cc3)n1)OC[C@]2(C)C(N)=O.